The molecular weight excluding hydrogens is 272 g/mol. The number of rotatable bonds is 4. The van der Waals surface area contributed by atoms with Crippen LogP contribution in [0.3, 0.4) is 0 Å². The first-order valence-electron chi connectivity index (χ1n) is 5.19. The standard InChI is InChI=1S/C12H13BrO3/c13-10-4-2-1-3-9(10)12(7-16-8-12)6-5-11(14)15/h1-4H,5-8H2,(H,14,15). The molecular formula is C12H13BrO3. The summed E-state index contributed by atoms with van der Waals surface area (Å²) in [5.74, 6) is -0.752. The van der Waals surface area contributed by atoms with Crippen LogP contribution in [0, 0.1) is 0 Å². The summed E-state index contributed by atoms with van der Waals surface area (Å²) >= 11 is 3.51. The van der Waals surface area contributed by atoms with Gasteiger partial charge in [-0.05, 0) is 18.1 Å². The van der Waals surface area contributed by atoms with Gasteiger partial charge in [0.2, 0.25) is 0 Å². The van der Waals surface area contributed by atoms with Gasteiger partial charge in [0.15, 0.2) is 0 Å². The minimum atomic E-state index is -0.752. The zero-order chi connectivity index (χ0) is 11.6. The molecule has 3 nitrogen and oxygen atoms in total. The molecule has 16 heavy (non-hydrogen) atoms. The molecule has 4 heteroatoms. The van der Waals surface area contributed by atoms with E-state index in [0.717, 1.165) is 10.0 Å². The maximum atomic E-state index is 10.6. The van der Waals surface area contributed by atoms with Crippen LogP contribution in [-0.4, -0.2) is 24.3 Å². The Morgan fingerprint density at radius 3 is 2.62 bits per heavy atom. The normalized spacial score (nSPS) is 17.8. The van der Waals surface area contributed by atoms with Crippen LogP contribution in [0.15, 0.2) is 28.7 Å². The lowest BCUT2D eigenvalue weighted by Gasteiger charge is -2.42. The maximum absolute atomic E-state index is 10.6. The molecule has 1 saturated heterocycles. The molecule has 0 atom stereocenters. The molecule has 2 rings (SSSR count). The summed E-state index contributed by atoms with van der Waals surface area (Å²) in [5.41, 5.74) is 1.04. The SMILES string of the molecule is O=C(O)CCC1(c2ccccc2Br)COC1. The molecule has 1 aliphatic rings. The van der Waals surface area contributed by atoms with Crippen LogP contribution in [0.4, 0.5) is 0 Å². The van der Waals surface area contributed by atoms with Crippen molar-refractivity contribution in [2.24, 2.45) is 0 Å². The molecule has 0 spiro atoms. The Labute approximate surface area is 103 Å². The minimum absolute atomic E-state index is 0.113. The fraction of sp³-hybridized carbons (Fsp3) is 0.417. The van der Waals surface area contributed by atoms with Crippen molar-refractivity contribution in [1.29, 1.82) is 0 Å². The van der Waals surface area contributed by atoms with Gasteiger partial charge in [-0.1, -0.05) is 34.1 Å². The molecule has 0 bridgehead atoms. The molecule has 0 radical (unpaired) electrons. The monoisotopic (exact) mass is 284 g/mol. The van der Waals surface area contributed by atoms with E-state index in [2.05, 4.69) is 15.9 Å². The van der Waals surface area contributed by atoms with Crippen LogP contribution >= 0.6 is 15.9 Å². The summed E-state index contributed by atoms with van der Waals surface area (Å²) < 4.78 is 6.30. The summed E-state index contributed by atoms with van der Waals surface area (Å²) in [7, 11) is 0. The molecule has 86 valence electrons. The van der Waals surface area contributed by atoms with Gasteiger partial charge in [-0.2, -0.15) is 0 Å². The third-order valence-electron chi connectivity index (χ3n) is 3.02. The molecule has 0 saturated carbocycles. The first kappa shape index (κ1) is 11.6. The first-order valence-corrected chi connectivity index (χ1v) is 5.98. The summed E-state index contributed by atoms with van der Waals surface area (Å²) in [6, 6.07) is 7.95. The van der Waals surface area contributed by atoms with Gasteiger partial charge in [-0.3, -0.25) is 4.79 Å². The fourth-order valence-corrected chi connectivity index (χ4v) is 2.73. The van der Waals surface area contributed by atoms with Gasteiger partial charge >= 0.3 is 5.97 Å². The fourth-order valence-electron chi connectivity index (χ4n) is 2.02. The van der Waals surface area contributed by atoms with Gasteiger partial charge in [0.25, 0.3) is 0 Å². The predicted octanol–water partition coefficient (Wildman–Crippen LogP) is 2.58. The van der Waals surface area contributed by atoms with E-state index in [1.807, 2.05) is 24.3 Å². The number of halogens is 1. The number of hydrogen-bond donors (Lipinski definition) is 1. The van der Waals surface area contributed by atoms with Crippen molar-refractivity contribution in [2.45, 2.75) is 18.3 Å². The number of hydrogen-bond acceptors (Lipinski definition) is 2. The van der Waals surface area contributed by atoms with Crippen LogP contribution in [-0.2, 0) is 14.9 Å². The van der Waals surface area contributed by atoms with Crippen LogP contribution in [0.1, 0.15) is 18.4 Å². The van der Waals surface area contributed by atoms with E-state index in [4.69, 9.17) is 9.84 Å². The number of carboxylic acid groups (broad SMARTS) is 1. The Morgan fingerprint density at radius 2 is 2.12 bits per heavy atom. The average Bonchev–Trinajstić information content (AvgIpc) is 2.18. The van der Waals surface area contributed by atoms with Crippen molar-refractivity contribution >= 4 is 21.9 Å². The Balaban J connectivity index is 2.21. The van der Waals surface area contributed by atoms with E-state index in [1.165, 1.54) is 0 Å². The lowest BCUT2D eigenvalue weighted by molar-refractivity contribution is -0.139. The number of carbonyl (C=O) groups is 1. The van der Waals surface area contributed by atoms with Gasteiger partial charge in [0.05, 0.1) is 13.2 Å². The molecule has 1 N–H and O–H groups in total. The number of benzene rings is 1. The van der Waals surface area contributed by atoms with E-state index in [0.29, 0.717) is 19.6 Å². The lowest BCUT2D eigenvalue weighted by Crippen LogP contribution is -2.47. The summed E-state index contributed by atoms with van der Waals surface area (Å²) in [6.45, 7) is 1.23. The van der Waals surface area contributed by atoms with Gasteiger partial charge in [-0.25, -0.2) is 0 Å². The highest BCUT2D eigenvalue weighted by molar-refractivity contribution is 9.10. The minimum Gasteiger partial charge on any atom is -0.481 e. The van der Waals surface area contributed by atoms with Gasteiger partial charge in [-0.15, -0.1) is 0 Å². The number of ether oxygens (including phenoxy) is 1. The Hall–Kier alpha value is -0.870. The topological polar surface area (TPSA) is 46.5 Å². The molecule has 0 amide bonds. The second-order valence-electron chi connectivity index (χ2n) is 4.15. The molecule has 1 aromatic carbocycles. The number of aliphatic carboxylic acids is 1. The second kappa shape index (κ2) is 4.55. The lowest BCUT2D eigenvalue weighted by atomic mass is 9.75. The Morgan fingerprint density at radius 1 is 1.44 bits per heavy atom. The number of carboxylic acids is 1. The summed E-state index contributed by atoms with van der Waals surface area (Å²) in [6.07, 6.45) is 0.815. The van der Waals surface area contributed by atoms with Crippen LogP contribution in [0.5, 0.6) is 0 Å². The highest BCUT2D eigenvalue weighted by Gasteiger charge is 2.41. The molecule has 1 aromatic rings. The zero-order valence-electron chi connectivity index (χ0n) is 8.78. The molecule has 1 heterocycles. The van der Waals surface area contributed by atoms with Crippen molar-refractivity contribution in [3.8, 4) is 0 Å². The summed E-state index contributed by atoms with van der Waals surface area (Å²) in [4.78, 5) is 10.6. The third kappa shape index (κ3) is 2.13. The third-order valence-corrected chi connectivity index (χ3v) is 3.71. The molecule has 0 aliphatic carbocycles. The van der Waals surface area contributed by atoms with Crippen molar-refractivity contribution < 1.29 is 14.6 Å². The Bertz CT molecular complexity index is 399. The van der Waals surface area contributed by atoms with E-state index < -0.39 is 5.97 Å². The van der Waals surface area contributed by atoms with Crippen LogP contribution in [0.25, 0.3) is 0 Å². The highest BCUT2D eigenvalue weighted by Crippen LogP contribution is 2.40. The van der Waals surface area contributed by atoms with Crippen molar-refractivity contribution in [2.75, 3.05) is 13.2 Å². The first-order chi connectivity index (χ1) is 7.64. The quantitative estimate of drug-likeness (QED) is 0.925. The molecule has 1 fully saturated rings. The van der Waals surface area contributed by atoms with E-state index in [1.54, 1.807) is 0 Å². The summed E-state index contributed by atoms with van der Waals surface area (Å²) in [5, 5.41) is 8.76. The largest absolute Gasteiger partial charge is 0.481 e. The molecule has 0 unspecified atom stereocenters. The average molecular weight is 285 g/mol. The zero-order valence-corrected chi connectivity index (χ0v) is 10.4. The van der Waals surface area contributed by atoms with Crippen LogP contribution < -0.4 is 0 Å². The van der Waals surface area contributed by atoms with Gasteiger partial charge < -0.3 is 9.84 Å². The van der Waals surface area contributed by atoms with Crippen molar-refractivity contribution in [1.82, 2.24) is 0 Å². The smallest absolute Gasteiger partial charge is 0.303 e. The van der Waals surface area contributed by atoms with E-state index >= 15 is 0 Å². The molecule has 0 aromatic heterocycles. The highest BCUT2D eigenvalue weighted by atomic mass is 79.9. The second-order valence-corrected chi connectivity index (χ2v) is 5.00. The van der Waals surface area contributed by atoms with Gasteiger partial charge in [0.1, 0.15) is 0 Å². The van der Waals surface area contributed by atoms with Crippen LogP contribution in [0.2, 0.25) is 0 Å². The van der Waals surface area contributed by atoms with Crippen molar-refractivity contribution in [3.05, 3.63) is 34.3 Å². The van der Waals surface area contributed by atoms with Crippen molar-refractivity contribution in [3.63, 3.8) is 0 Å². The Kier molecular flexibility index (Phi) is 3.30. The van der Waals surface area contributed by atoms with E-state index in [-0.39, 0.29) is 11.8 Å². The van der Waals surface area contributed by atoms with Gasteiger partial charge in [0, 0.05) is 16.3 Å². The maximum Gasteiger partial charge on any atom is 0.303 e. The van der Waals surface area contributed by atoms with E-state index in [9.17, 15) is 4.79 Å². The molecule has 1 aliphatic heterocycles. The predicted molar refractivity (Wildman–Crippen MR) is 63.5 cm³/mol.